The molecule has 186 valence electrons. The van der Waals surface area contributed by atoms with Gasteiger partial charge in [0, 0.05) is 46.9 Å². The van der Waals surface area contributed by atoms with Crippen LogP contribution in [0.15, 0.2) is 40.2 Å². The average molecular weight is 516 g/mol. The molecule has 8 nitrogen and oxygen atoms in total. The van der Waals surface area contributed by atoms with E-state index in [-0.39, 0.29) is 26.8 Å². The first-order valence-corrected chi connectivity index (χ1v) is 14.1. The third kappa shape index (κ3) is 4.81. The van der Waals surface area contributed by atoms with Crippen LogP contribution in [0.5, 0.6) is 0 Å². The quantitative estimate of drug-likeness (QED) is 0.488. The summed E-state index contributed by atoms with van der Waals surface area (Å²) in [5.41, 5.74) is 7.37. The van der Waals surface area contributed by atoms with Crippen LogP contribution >= 0.6 is 11.6 Å². The van der Waals surface area contributed by atoms with E-state index in [4.69, 9.17) is 17.3 Å². The van der Waals surface area contributed by atoms with E-state index >= 15 is 0 Å². The maximum Gasteiger partial charge on any atom is 0.260 e. The van der Waals surface area contributed by atoms with E-state index in [0.29, 0.717) is 54.6 Å². The van der Waals surface area contributed by atoms with Crippen LogP contribution in [-0.4, -0.2) is 40.8 Å². The Morgan fingerprint density at radius 3 is 2.51 bits per heavy atom. The summed E-state index contributed by atoms with van der Waals surface area (Å²) in [5.74, 6) is 0.796. The lowest BCUT2D eigenvalue weighted by atomic mass is 9.86. The highest BCUT2D eigenvalue weighted by Gasteiger charge is 2.37. The van der Waals surface area contributed by atoms with Crippen molar-refractivity contribution in [3.8, 4) is 11.1 Å². The minimum atomic E-state index is -3.38. The van der Waals surface area contributed by atoms with Crippen molar-refractivity contribution < 1.29 is 8.42 Å². The number of rotatable bonds is 7. The molecule has 0 bridgehead atoms. The molecule has 2 heterocycles. The van der Waals surface area contributed by atoms with Crippen LogP contribution in [0.4, 0.5) is 5.95 Å². The SMILES string of the molecule is CCNc1ncc2cc(-c3ccc(S(=O)(=O)C4CC4)cc3Cl)c(=O)n(CC3CCC(N)CC3)c2n1. The van der Waals surface area contributed by atoms with Crippen LogP contribution in [0.2, 0.25) is 5.02 Å². The molecule has 2 aliphatic rings. The molecule has 2 aromatic heterocycles. The third-order valence-electron chi connectivity index (χ3n) is 7.02. The topological polar surface area (TPSA) is 120 Å². The highest BCUT2D eigenvalue weighted by molar-refractivity contribution is 7.92. The summed E-state index contributed by atoms with van der Waals surface area (Å²) < 4.78 is 27.1. The van der Waals surface area contributed by atoms with Gasteiger partial charge >= 0.3 is 0 Å². The van der Waals surface area contributed by atoms with Gasteiger partial charge in [0.15, 0.2) is 9.84 Å². The molecular weight excluding hydrogens is 486 g/mol. The first kappa shape index (κ1) is 24.2. The second-order valence-corrected chi connectivity index (χ2v) is 12.3. The van der Waals surface area contributed by atoms with Gasteiger partial charge in [-0.2, -0.15) is 4.98 Å². The van der Waals surface area contributed by atoms with Crippen molar-refractivity contribution in [3.05, 3.63) is 45.8 Å². The minimum Gasteiger partial charge on any atom is -0.354 e. The van der Waals surface area contributed by atoms with E-state index in [0.717, 1.165) is 31.1 Å². The number of pyridine rings is 1. The van der Waals surface area contributed by atoms with Crippen LogP contribution in [-0.2, 0) is 16.4 Å². The molecule has 0 amide bonds. The molecule has 5 rings (SSSR count). The highest BCUT2D eigenvalue weighted by atomic mass is 35.5. The molecule has 0 spiro atoms. The largest absolute Gasteiger partial charge is 0.354 e. The van der Waals surface area contributed by atoms with Gasteiger partial charge in [0.1, 0.15) is 5.65 Å². The Morgan fingerprint density at radius 2 is 1.86 bits per heavy atom. The summed E-state index contributed by atoms with van der Waals surface area (Å²) in [6.45, 7) is 3.16. The normalized spacial score (nSPS) is 20.8. The average Bonchev–Trinajstić information content (AvgIpc) is 3.69. The molecule has 0 saturated heterocycles. The summed E-state index contributed by atoms with van der Waals surface area (Å²) in [7, 11) is -3.38. The molecule has 2 aliphatic carbocycles. The third-order valence-corrected chi connectivity index (χ3v) is 9.59. The molecule has 3 N–H and O–H groups in total. The smallest absolute Gasteiger partial charge is 0.260 e. The van der Waals surface area contributed by atoms with Crippen molar-refractivity contribution in [3.63, 3.8) is 0 Å². The molecule has 0 atom stereocenters. The van der Waals surface area contributed by atoms with E-state index in [9.17, 15) is 13.2 Å². The predicted octanol–water partition coefficient (Wildman–Crippen LogP) is 4.00. The van der Waals surface area contributed by atoms with Gasteiger partial charge in [-0.15, -0.1) is 0 Å². The lowest BCUT2D eigenvalue weighted by Gasteiger charge is -2.27. The Balaban J connectivity index is 1.61. The summed E-state index contributed by atoms with van der Waals surface area (Å²) in [5, 5.41) is 3.75. The molecule has 10 heteroatoms. The van der Waals surface area contributed by atoms with Gasteiger partial charge in [0.05, 0.1) is 10.1 Å². The van der Waals surface area contributed by atoms with E-state index in [2.05, 4.69) is 15.3 Å². The van der Waals surface area contributed by atoms with Gasteiger partial charge in [-0.1, -0.05) is 17.7 Å². The fourth-order valence-corrected chi connectivity index (χ4v) is 6.88. The number of hydrogen-bond acceptors (Lipinski definition) is 7. The highest BCUT2D eigenvalue weighted by Crippen LogP contribution is 2.37. The van der Waals surface area contributed by atoms with Crippen LogP contribution in [0, 0.1) is 5.92 Å². The Morgan fingerprint density at radius 1 is 1.11 bits per heavy atom. The van der Waals surface area contributed by atoms with Crippen LogP contribution in [0.3, 0.4) is 0 Å². The number of aromatic nitrogens is 3. The predicted molar refractivity (Wildman–Crippen MR) is 139 cm³/mol. The van der Waals surface area contributed by atoms with Gasteiger partial charge in [-0.05, 0) is 69.6 Å². The van der Waals surface area contributed by atoms with E-state index < -0.39 is 9.84 Å². The Kier molecular flexibility index (Phi) is 6.59. The Bertz CT molecular complexity index is 1430. The van der Waals surface area contributed by atoms with Gasteiger partial charge in [-0.3, -0.25) is 9.36 Å². The molecule has 1 aromatic carbocycles. The maximum atomic E-state index is 13.8. The van der Waals surface area contributed by atoms with Crippen molar-refractivity contribution in [2.45, 2.75) is 68.2 Å². The van der Waals surface area contributed by atoms with Crippen molar-refractivity contribution in [1.29, 1.82) is 0 Å². The monoisotopic (exact) mass is 515 g/mol. The van der Waals surface area contributed by atoms with Gasteiger partial charge in [-0.25, -0.2) is 13.4 Å². The van der Waals surface area contributed by atoms with Gasteiger partial charge in [0.2, 0.25) is 5.95 Å². The zero-order valence-corrected chi connectivity index (χ0v) is 21.3. The van der Waals surface area contributed by atoms with Gasteiger partial charge < -0.3 is 11.1 Å². The zero-order chi connectivity index (χ0) is 24.7. The molecule has 3 aromatic rings. The lowest BCUT2D eigenvalue weighted by molar-refractivity contribution is 0.295. The lowest BCUT2D eigenvalue weighted by Crippen LogP contribution is -2.31. The zero-order valence-electron chi connectivity index (χ0n) is 19.7. The molecule has 35 heavy (non-hydrogen) atoms. The molecule has 2 saturated carbocycles. The summed E-state index contributed by atoms with van der Waals surface area (Å²) >= 11 is 6.58. The maximum absolute atomic E-state index is 13.8. The summed E-state index contributed by atoms with van der Waals surface area (Å²) in [6, 6.07) is 6.62. The first-order chi connectivity index (χ1) is 16.8. The van der Waals surface area contributed by atoms with Crippen molar-refractivity contribution in [2.24, 2.45) is 11.7 Å². The molecule has 0 aliphatic heterocycles. The molecule has 2 fully saturated rings. The standard InChI is InChI=1S/C25H30ClN5O3S/c1-2-28-25-29-13-16-11-21(20-10-9-19(12-22(20)26)35(33,34)18-7-8-18)24(32)31(23(16)30-25)14-15-3-5-17(27)6-4-15/h9-13,15,17-18H,2-8,14,27H2,1H3,(H,28,29,30). The van der Waals surface area contributed by atoms with Crippen LogP contribution < -0.4 is 16.6 Å². The Hall–Kier alpha value is -2.49. The number of nitrogens with zero attached hydrogens (tertiary/aromatic N) is 3. The molecular formula is C25H30ClN5O3S. The fourth-order valence-electron chi connectivity index (χ4n) is 4.86. The number of fused-ring (bicyclic) bond motifs is 1. The van der Waals surface area contributed by atoms with E-state index in [1.807, 2.05) is 6.92 Å². The van der Waals surface area contributed by atoms with Crippen molar-refractivity contribution in [1.82, 2.24) is 14.5 Å². The fraction of sp³-hybridized carbons (Fsp3) is 0.480. The number of hydrogen-bond donors (Lipinski definition) is 2. The van der Waals surface area contributed by atoms with E-state index in [1.165, 1.54) is 6.07 Å². The first-order valence-electron chi connectivity index (χ1n) is 12.2. The van der Waals surface area contributed by atoms with Crippen molar-refractivity contribution in [2.75, 3.05) is 11.9 Å². The second kappa shape index (κ2) is 9.52. The summed E-state index contributed by atoms with van der Waals surface area (Å²) in [6.07, 6.45) is 6.86. The number of anilines is 1. The number of sulfone groups is 1. The van der Waals surface area contributed by atoms with Crippen molar-refractivity contribution >= 4 is 38.4 Å². The molecule has 0 radical (unpaired) electrons. The molecule has 0 unspecified atom stereocenters. The number of benzene rings is 1. The number of halogens is 1. The number of nitrogens with two attached hydrogens (primary N) is 1. The minimum absolute atomic E-state index is 0.201. The number of nitrogens with one attached hydrogen (secondary N) is 1. The summed E-state index contributed by atoms with van der Waals surface area (Å²) in [4.78, 5) is 23.1. The van der Waals surface area contributed by atoms with E-state index in [1.54, 1.807) is 29.0 Å². The second-order valence-electron chi connectivity index (χ2n) is 9.64. The van der Waals surface area contributed by atoms with Gasteiger partial charge in [0.25, 0.3) is 5.56 Å². The Labute approximate surface area is 209 Å². The van der Waals surface area contributed by atoms with Crippen LogP contribution in [0.25, 0.3) is 22.2 Å². The van der Waals surface area contributed by atoms with Crippen LogP contribution in [0.1, 0.15) is 45.4 Å².